The zero-order chi connectivity index (χ0) is 12.8. The first-order valence-electron chi connectivity index (χ1n) is 7.41. The highest BCUT2D eigenvalue weighted by Crippen LogP contribution is 2.26. The van der Waals surface area contributed by atoms with Crippen LogP contribution >= 0.6 is 0 Å². The number of nitrogens with zero attached hydrogens (tertiary/aromatic N) is 1. The van der Waals surface area contributed by atoms with E-state index >= 15 is 0 Å². The van der Waals surface area contributed by atoms with E-state index in [4.69, 9.17) is 0 Å². The molecule has 1 aliphatic rings. The first-order valence-corrected chi connectivity index (χ1v) is 7.41. The van der Waals surface area contributed by atoms with Crippen LogP contribution in [0.25, 0.3) is 0 Å². The van der Waals surface area contributed by atoms with Crippen molar-refractivity contribution in [1.82, 2.24) is 5.32 Å². The third kappa shape index (κ3) is 3.26. The molecule has 1 N–H and O–H groups in total. The number of hydrogen-bond donors (Lipinski definition) is 1. The third-order valence-electron chi connectivity index (χ3n) is 3.95. The van der Waals surface area contributed by atoms with Gasteiger partial charge in [-0.3, -0.25) is 0 Å². The molecule has 1 fully saturated rings. The molecule has 0 radical (unpaired) electrons. The predicted octanol–water partition coefficient (Wildman–Crippen LogP) is 3.57. The van der Waals surface area contributed by atoms with Crippen molar-refractivity contribution in [3.63, 3.8) is 0 Å². The van der Waals surface area contributed by atoms with Crippen LogP contribution in [0.1, 0.15) is 45.1 Å². The second-order valence-corrected chi connectivity index (χ2v) is 5.20. The molecule has 0 aromatic heterocycles. The van der Waals surface area contributed by atoms with Crippen LogP contribution in [0.5, 0.6) is 0 Å². The van der Waals surface area contributed by atoms with Gasteiger partial charge in [0.25, 0.3) is 0 Å². The second-order valence-electron chi connectivity index (χ2n) is 5.20. The average Bonchev–Trinajstić information content (AvgIpc) is 2.45. The van der Waals surface area contributed by atoms with Gasteiger partial charge in [0.15, 0.2) is 0 Å². The number of hydrogen-bond acceptors (Lipinski definition) is 2. The average molecular weight is 246 g/mol. The summed E-state index contributed by atoms with van der Waals surface area (Å²) < 4.78 is 0. The maximum atomic E-state index is 3.37. The Morgan fingerprint density at radius 2 is 1.94 bits per heavy atom. The van der Waals surface area contributed by atoms with Crippen LogP contribution in [0, 0.1) is 0 Å². The Hall–Kier alpha value is -1.02. The maximum Gasteiger partial charge on any atom is 0.0368 e. The molecule has 100 valence electrons. The molecule has 18 heavy (non-hydrogen) atoms. The van der Waals surface area contributed by atoms with Crippen molar-refractivity contribution in [2.24, 2.45) is 0 Å². The molecule has 1 aromatic carbocycles. The van der Waals surface area contributed by atoms with Gasteiger partial charge in [0.1, 0.15) is 0 Å². The van der Waals surface area contributed by atoms with Gasteiger partial charge in [-0.1, -0.05) is 26.0 Å². The minimum atomic E-state index is 0.748. The summed E-state index contributed by atoms with van der Waals surface area (Å²) in [6.45, 7) is 7.70. The molecule has 0 bridgehead atoms. The Balaban J connectivity index is 2.03. The van der Waals surface area contributed by atoms with Crippen molar-refractivity contribution < 1.29 is 0 Å². The zero-order valence-corrected chi connectivity index (χ0v) is 11.8. The van der Waals surface area contributed by atoms with E-state index in [0.717, 1.165) is 19.1 Å². The predicted molar refractivity (Wildman–Crippen MR) is 79.1 cm³/mol. The smallest absolute Gasteiger partial charge is 0.0368 e. The van der Waals surface area contributed by atoms with Gasteiger partial charge in [-0.05, 0) is 49.9 Å². The molecule has 0 spiro atoms. The van der Waals surface area contributed by atoms with E-state index < -0.39 is 0 Å². The highest BCUT2D eigenvalue weighted by atomic mass is 15.2. The van der Waals surface area contributed by atoms with Gasteiger partial charge in [-0.25, -0.2) is 0 Å². The van der Waals surface area contributed by atoms with Crippen LogP contribution in [-0.4, -0.2) is 19.1 Å². The second kappa shape index (κ2) is 6.79. The highest BCUT2D eigenvalue weighted by molar-refractivity contribution is 5.49. The Bertz CT molecular complexity index is 345. The van der Waals surface area contributed by atoms with Gasteiger partial charge in [0.2, 0.25) is 0 Å². The largest absolute Gasteiger partial charge is 0.369 e. The lowest BCUT2D eigenvalue weighted by Crippen LogP contribution is -2.39. The maximum absolute atomic E-state index is 3.37. The van der Waals surface area contributed by atoms with Crippen molar-refractivity contribution in [1.29, 1.82) is 0 Å². The first-order chi connectivity index (χ1) is 8.85. The number of piperidine rings is 1. The summed E-state index contributed by atoms with van der Waals surface area (Å²) in [5.74, 6) is 0. The van der Waals surface area contributed by atoms with Gasteiger partial charge >= 0.3 is 0 Å². The molecule has 2 heteroatoms. The molecule has 0 amide bonds. The normalized spacial score (nSPS) is 20.1. The Labute approximate surface area is 111 Å². The molecule has 2 nitrogen and oxygen atoms in total. The van der Waals surface area contributed by atoms with E-state index in [1.54, 1.807) is 0 Å². The zero-order valence-electron chi connectivity index (χ0n) is 11.8. The van der Waals surface area contributed by atoms with Gasteiger partial charge < -0.3 is 10.2 Å². The molecule has 1 saturated heterocycles. The van der Waals surface area contributed by atoms with Crippen LogP contribution < -0.4 is 10.2 Å². The van der Waals surface area contributed by atoms with Crippen molar-refractivity contribution >= 4 is 5.69 Å². The van der Waals surface area contributed by atoms with E-state index in [-0.39, 0.29) is 0 Å². The first kappa shape index (κ1) is 13.4. The summed E-state index contributed by atoms with van der Waals surface area (Å²) in [5, 5.41) is 3.37. The molecule has 1 heterocycles. The van der Waals surface area contributed by atoms with E-state index in [9.17, 15) is 0 Å². The number of benzene rings is 1. The van der Waals surface area contributed by atoms with E-state index in [2.05, 4.69) is 48.3 Å². The summed E-state index contributed by atoms with van der Waals surface area (Å²) in [4.78, 5) is 2.60. The molecule has 1 aliphatic heterocycles. The Kier molecular flexibility index (Phi) is 5.06. The molecule has 0 saturated carbocycles. The van der Waals surface area contributed by atoms with Crippen molar-refractivity contribution in [3.8, 4) is 0 Å². The number of anilines is 1. The molecule has 1 unspecified atom stereocenters. The minimum Gasteiger partial charge on any atom is -0.369 e. The lowest BCUT2D eigenvalue weighted by molar-refractivity contribution is 0.450. The van der Waals surface area contributed by atoms with Gasteiger partial charge in [0, 0.05) is 24.8 Å². The quantitative estimate of drug-likeness (QED) is 0.854. The van der Waals surface area contributed by atoms with E-state index in [1.165, 1.54) is 43.5 Å². The monoisotopic (exact) mass is 246 g/mol. The van der Waals surface area contributed by atoms with Crippen LogP contribution in [0.3, 0.4) is 0 Å². The summed E-state index contributed by atoms with van der Waals surface area (Å²) >= 11 is 0. The fourth-order valence-electron chi connectivity index (χ4n) is 2.84. The molecular weight excluding hydrogens is 220 g/mol. The molecule has 2 rings (SSSR count). The molecule has 1 atom stereocenters. The molecule has 0 aliphatic carbocycles. The van der Waals surface area contributed by atoms with Crippen molar-refractivity contribution in [2.75, 3.05) is 18.0 Å². The molecule has 1 aromatic rings. The third-order valence-corrected chi connectivity index (χ3v) is 3.95. The summed E-state index contributed by atoms with van der Waals surface area (Å²) in [5.41, 5.74) is 2.78. The lowest BCUT2D eigenvalue weighted by atomic mass is 9.99. The van der Waals surface area contributed by atoms with Gasteiger partial charge in [-0.2, -0.15) is 0 Å². The highest BCUT2D eigenvalue weighted by Gasteiger charge is 2.20. The fraction of sp³-hybridized carbons (Fsp3) is 0.625. The minimum absolute atomic E-state index is 0.748. The van der Waals surface area contributed by atoms with Crippen LogP contribution in [0.2, 0.25) is 0 Å². The topological polar surface area (TPSA) is 15.3 Å². The Morgan fingerprint density at radius 1 is 1.17 bits per heavy atom. The Morgan fingerprint density at radius 3 is 2.61 bits per heavy atom. The van der Waals surface area contributed by atoms with E-state index in [1.807, 2.05) is 0 Å². The van der Waals surface area contributed by atoms with Crippen molar-refractivity contribution in [2.45, 2.75) is 52.1 Å². The van der Waals surface area contributed by atoms with Crippen LogP contribution in [0.15, 0.2) is 24.3 Å². The van der Waals surface area contributed by atoms with E-state index in [0.29, 0.717) is 0 Å². The van der Waals surface area contributed by atoms with Crippen molar-refractivity contribution in [3.05, 3.63) is 29.8 Å². The van der Waals surface area contributed by atoms with Crippen LogP contribution in [0.4, 0.5) is 5.69 Å². The summed E-state index contributed by atoms with van der Waals surface area (Å²) in [6, 6.07) is 9.86. The standard InChI is InChI=1S/C16H26N2/c1-3-15-7-5-6-12-18(15)16-10-8-14(9-11-16)13-17-4-2/h8-11,15,17H,3-7,12-13H2,1-2H3. The fourth-order valence-corrected chi connectivity index (χ4v) is 2.84. The van der Waals surface area contributed by atoms with Gasteiger partial charge in [0.05, 0.1) is 0 Å². The number of rotatable bonds is 5. The lowest BCUT2D eigenvalue weighted by Gasteiger charge is -2.37. The SMILES string of the molecule is CCNCc1ccc(N2CCCCC2CC)cc1. The van der Waals surface area contributed by atoms with Gasteiger partial charge in [-0.15, -0.1) is 0 Å². The van der Waals surface area contributed by atoms with Crippen LogP contribution in [-0.2, 0) is 6.54 Å². The summed E-state index contributed by atoms with van der Waals surface area (Å²) in [6.07, 6.45) is 5.36. The number of nitrogens with one attached hydrogen (secondary N) is 1. The molecular formula is C16H26N2. The summed E-state index contributed by atoms with van der Waals surface area (Å²) in [7, 11) is 0.